The highest BCUT2D eigenvalue weighted by Gasteiger charge is 2.29. The highest BCUT2D eigenvalue weighted by atomic mass is 16.5. The monoisotopic (exact) mass is 388 g/mol. The van der Waals surface area contributed by atoms with Gasteiger partial charge in [0.05, 0.1) is 13.3 Å². The molecule has 1 amide bonds. The first-order valence-corrected chi connectivity index (χ1v) is 9.85. The fraction of sp³-hybridized carbons (Fsp3) is 0.250. The van der Waals surface area contributed by atoms with Crippen molar-refractivity contribution in [2.45, 2.75) is 25.3 Å². The minimum absolute atomic E-state index is 0.0725. The molecule has 1 aromatic heterocycles. The molecular formula is C24H24N2O3. The van der Waals surface area contributed by atoms with E-state index in [0.717, 1.165) is 31.6 Å². The van der Waals surface area contributed by atoms with Crippen LogP contribution in [0.5, 0.6) is 17.2 Å². The van der Waals surface area contributed by atoms with Crippen LogP contribution < -0.4 is 9.47 Å². The number of pyridine rings is 1. The summed E-state index contributed by atoms with van der Waals surface area (Å²) in [6.07, 6.45) is 6.25. The Labute approximate surface area is 170 Å². The van der Waals surface area contributed by atoms with Crippen molar-refractivity contribution >= 4 is 5.91 Å². The molecule has 1 fully saturated rings. The van der Waals surface area contributed by atoms with Crippen molar-refractivity contribution in [1.29, 1.82) is 0 Å². The molecule has 5 heteroatoms. The van der Waals surface area contributed by atoms with Crippen molar-refractivity contribution in [1.82, 2.24) is 9.88 Å². The summed E-state index contributed by atoms with van der Waals surface area (Å²) in [7, 11) is 1.67. The van der Waals surface area contributed by atoms with Gasteiger partial charge in [-0.05, 0) is 73.4 Å². The molecule has 1 saturated heterocycles. The van der Waals surface area contributed by atoms with E-state index >= 15 is 0 Å². The normalized spacial score (nSPS) is 15.9. The number of amides is 1. The van der Waals surface area contributed by atoms with Gasteiger partial charge < -0.3 is 14.4 Å². The smallest absolute Gasteiger partial charge is 0.254 e. The Morgan fingerprint density at radius 1 is 1.07 bits per heavy atom. The molecular weight excluding hydrogens is 364 g/mol. The second kappa shape index (κ2) is 8.78. The van der Waals surface area contributed by atoms with E-state index in [9.17, 15) is 4.79 Å². The Morgan fingerprint density at radius 2 is 1.90 bits per heavy atom. The van der Waals surface area contributed by atoms with Crippen LogP contribution in [0.25, 0.3) is 0 Å². The van der Waals surface area contributed by atoms with E-state index in [-0.39, 0.29) is 11.9 Å². The second-order valence-electron chi connectivity index (χ2n) is 7.17. The van der Waals surface area contributed by atoms with Crippen LogP contribution in [0.2, 0.25) is 0 Å². The predicted molar refractivity (Wildman–Crippen MR) is 112 cm³/mol. The van der Waals surface area contributed by atoms with Crippen molar-refractivity contribution in [3.8, 4) is 17.2 Å². The molecule has 2 heterocycles. The number of aromatic nitrogens is 1. The summed E-state index contributed by atoms with van der Waals surface area (Å²) in [5.74, 6) is 2.28. The number of likely N-dealkylation sites (tertiary alicyclic amines) is 1. The molecule has 2 aromatic carbocycles. The number of carbonyl (C=O) groups excluding carboxylic acids is 1. The van der Waals surface area contributed by atoms with Crippen LogP contribution in [0.4, 0.5) is 0 Å². The van der Waals surface area contributed by atoms with Crippen LogP contribution >= 0.6 is 0 Å². The Bertz CT molecular complexity index is 957. The number of methoxy groups -OCH3 is 1. The third-order valence-electron chi connectivity index (χ3n) is 5.21. The predicted octanol–water partition coefficient (Wildman–Crippen LogP) is 4.73. The van der Waals surface area contributed by atoms with Crippen LogP contribution in [0.15, 0.2) is 73.1 Å². The summed E-state index contributed by atoms with van der Waals surface area (Å²) >= 11 is 0. The zero-order valence-corrected chi connectivity index (χ0v) is 16.5. The number of benzene rings is 2. The van der Waals surface area contributed by atoms with Gasteiger partial charge in [-0.15, -0.1) is 0 Å². The molecule has 0 saturated carbocycles. The molecule has 5 nitrogen and oxygen atoms in total. The molecule has 0 spiro atoms. The number of carbonyl (C=O) groups is 1. The van der Waals surface area contributed by atoms with Gasteiger partial charge >= 0.3 is 0 Å². The molecule has 4 rings (SSSR count). The van der Waals surface area contributed by atoms with Gasteiger partial charge in [-0.1, -0.05) is 12.1 Å². The van der Waals surface area contributed by atoms with E-state index in [1.807, 2.05) is 59.5 Å². The Hall–Kier alpha value is -3.34. The van der Waals surface area contributed by atoms with Crippen LogP contribution in [0, 0.1) is 0 Å². The Kier molecular flexibility index (Phi) is 5.75. The summed E-state index contributed by atoms with van der Waals surface area (Å²) in [5, 5.41) is 0. The molecule has 1 aliphatic heterocycles. The molecule has 0 aliphatic carbocycles. The first kappa shape index (κ1) is 19.0. The van der Waals surface area contributed by atoms with Gasteiger partial charge in [0.2, 0.25) is 0 Å². The minimum Gasteiger partial charge on any atom is -0.497 e. The van der Waals surface area contributed by atoms with Crippen LogP contribution in [-0.4, -0.2) is 35.5 Å². The van der Waals surface area contributed by atoms with E-state index < -0.39 is 0 Å². The van der Waals surface area contributed by atoms with Crippen molar-refractivity contribution in [3.05, 3.63) is 84.2 Å². The van der Waals surface area contributed by atoms with Gasteiger partial charge in [0.15, 0.2) is 0 Å². The van der Waals surface area contributed by atoms with Crippen molar-refractivity contribution in [2.75, 3.05) is 13.7 Å². The maximum atomic E-state index is 13.1. The molecule has 1 aliphatic rings. The molecule has 0 bridgehead atoms. The standard InChI is InChI=1S/C24H24N2O3/c1-28-22-7-2-5-18(16-22)15-20-6-4-14-26(20)24(27)19-9-11-21(12-10-19)29-23-8-3-13-25-17-23/h2-3,5,7-13,16-17,20H,4,6,14-15H2,1H3. The fourth-order valence-corrected chi connectivity index (χ4v) is 3.76. The lowest BCUT2D eigenvalue weighted by Gasteiger charge is -2.25. The van der Waals surface area contributed by atoms with Gasteiger partial charge in [-0.3, -0.25) is 9.78 Å². The molecule has 3 aromatic rings. The highest BCUT2D eigenvalue weighted by Crippen LogP contribution is 2.26. The van der Waals surface area contributed by atoms with Gasteiger partial charge in [-0.25, -0.2) is 0 Å². The SMILES string of the molecule is COc1cccc(CC2CCCN2C(=O)c2ccc(Oc3cccnc3)cc2)c1. The zero-order chi connectivity index (χ0) is 20.1. The lowest BCUT2D eigenvalue weighted by molar-refractivity contribution is 0.0736. The van der Waals surface area contributed by atoms with Gasteiger partial charge in [0.25, 0.3) is 5.91 Å². The lowest BCUT2D eigenvalue weighted by Crippen LogP contribution is -2.36. The zero-order valence-electron chi connectivity index (χ0n) is 16.5. The summed E-state index contributed by atoms with van der Waals surface area (Å²) < 4.78 is 11.1. The average molecular weight is 388 g/mol. The minimum atomic E-state index is 0.0725. The first-order valence-electron chi connectivity index (χ1n) is 9.85. The van der Waals surface area contributed by atoms with Gasteiger partial charge in [0, 0.05) is 24.3 Å². The number of ether oxygens (including phenoxy) is 2. The largest absolute Gasteiger partial charge is 0.497 e. The number of rotatable bonds is 6. The van der Waals surface area contributed by atoms with E-state index in [4.69, 9.17) is 9.47 Å². The van der Waals surface area contributed by atoms with Crippen LogP contribution in [-0.2, 0) is 6.42 Å². The fourth-order valence-electron chi connectivity index (χ4n) is 3.76. The molecule has 0 radical (unpaired) electrons. The molecule has 29 heavy (non-hydrogen) atoms. The second-order valence-corrected chi connectivity index (χ2v) is 7.17. The van der Waals surface area contributed by atoms with E-state index in [1.165, 1.54) is 5.56 Å². The lowest BCUT2D eigenvalue weighted by atomic mass is 10.0. The maximum Gasteiger partial charge on any atom is 0.254 e. The van der Waals surface area contributed by atoms with Crippen molar-refractivity contribution < 1.29 is 14.3 Å². The van der Waals surface area contributed by atoms with Crippen molar-refractivity contribution in [2.24, 2.45) is 0 Å². The van der Waals surface area contributed by atoms with Crippen LogP contribution in [0.3, 0.4) is 0 Å². The van der Waals surface area contributed by atoms with Gasteiger partial charge in [0.1, 0.15) is 17.2 Å². The van der Waals surface area contributed by atoms with Gasteiger partial charge in [-0.2, -0.15) is 0 Å². The molecule has 1 atom stereocenters. The van der Waals surface area contributed by atoms with Crippen molar-refractivity contribution in [3.63, 3.8) is 0 Å². The summed E-state index contributed by atoms with van der Waals surface area (Å²) in [6, 6.07) is 19.3. The Morgan fingerprint density at radius 3 is 2.66 bits per heavy atom. The number of hydrogen-bond acceptors (Lipinski definition) is 4. The molecule has 1 unspecified atom stereocenters. The Balaban J connectivity index is 1.43. The summed E-state index contributed by atoms with van der Waals surface area (Å²) in [5.41, 5.74) is 1.87. The first-order chi connectivity index (χ1) is 14.2. The van der Waals surface area contributed by atoms with Crippen LogP contribution in [0.1, 0.15) is 28.8 Å². The third kappa shape index (κ3) is 4.57. The number of hydrogen-bond donors (Lipinski definition) is 0. The molecule has 148 valence electrons. The third-order valence-corrected chi connectivity index (χ3v) is 5.21. The highest BCUT2D eigenvalue weighted by molar-refractivity contribution is 5.94. The topological polar surface area (TPSA) is 51.7 Å². The van der Waals surface area contributed by atoms with E-state index in [0.29, 0.717) is 17.1 Å². The maximum absolute atomic E-state index is 13.1. The summed E-state index contributed by atoms with van der Waals surface area (Å²) in [4.78, 5) is 19.1. The van der Waals surface area contributed by atoms with E-state index in [1.54, 1.807) is 19.5 Å². The average Bonchev–Trinajstić information content (AvgIpc) is 3.22. The summed E-state index contributed by atoms with van der Waals surface area (Å²) in [6.45, 7) is 0.793. The quantitative estimate of drug-likeness (QED) is 0.613. The van der Waals surface area contributed by atoms with E-state index in [2.05, 4.69) is 11.1 Å². The molecule has 0 N–H and O–H groups in total. The number of nitrogens with zero attached hydrogens (tertiary/aromatic N) is 2.